The summed E-state index contributed by atoms with van der Waals surface area (Å²) >= 11 is 0. The fourth-order valence-electron chi connectivity index (χ4n) is 3.18. The van der Waals surface area contributed by atoms with Crippen molar-refractivity contribution in [2.75, 3.05) is 26.7 Å². The number of hydrogen-bond acceptors (Lipinski definition) is 2. The van der Waals surface area contributed by atoms with Crippen molar-refractivity contribution in [3.05, 3.63) is 35.9 Å². The molecule has 1 unspecified atom stereocenters. The average Bonchev–Trinajstić information content (AvgIpc) is 2.98. The summed E-state index contributed by atoms with van der Waals surface area (Å²) in [7, 11) is 2.16. The van der Waals surface area contributed by atoms with Gasteiger partial charge in [0, 0.05) is 38.3 Å². The van der Waals surface area contributed by atoms with Crippen LogP contribution in [0.25, 0.3) is 0 Å². The van der Waals surface area contributed by atoms with Gasteiger partial charge in [-0.15, -0.1) is 0 Å². The smallest absolute Gasteiger partial charge is 0.320 e. The quantitative estimate of drug-likeness (QED) is 0.836. The monoisotopic (exact) mass is 303 g/mol. The zero-order chi connectivity index (χ0) is 16.1. The van der Waals surface area contributed by atoms with Crippen LogP contribution in [0, 0.1) is 0 Å². The van der Waals surface area contributed by atoms with Crippen molar-refractivity contribution in [1.29, 1.82) is 0 Å². The number of carbonyl (C=O) groups excluding carboxylic acids is 1. The van der Waals surface area contributed by atoms with Crippen LogP contribution < -0.4 is 0 Å². The number of hydrogen-bond donors (Lipinski definition) is 0. The van der Waals surface area contributed by atoms with Crippen LogP contribution in [0.3, 0.4) is 0 Å². The third kappa shape index (κ3) is 4.01. The van der Waals surface area contributed by atoms with E-state index in [0.717, 1.165) is 32.6 Å². The molecule has 0 radical (unpaired) electrons. The van der Waals surface area contributed by atoms with Gasteiger partial charge in [-0.3, -0.25) is 4.90 Å². The van der Waals surface area contributed by atoms with Crippen molar-refractivity contribution >= 4 is 6.03 Å². The summed E-state index contributed by atoms with van der Waals surface area (Å²) in [4.78, 5) is 18.9. The van der Waals surface area contributed by atoms with Gasteiger partial charge in [-0.1, -0.05) is 30.3 Å². The number of benzene rings is 1. The summed E-state index contributed by atoms with van der Waals surface area (Å²) in [5.41, 5.74) is 1.33. The summed E-state index contributed by atoms with van der Waals surface area (Å²) in [6.07, 6.45) is 1.06. The van der Waals surface area contributed by atoms with E-state index >= 15 is 0 Å². The zero-order valence-corrected chi connectivity index (χ0v) is 14.3. The van der Waals surface area contributed by atoms with E-state index in [-0.39, 0.29) is 12.1 Å². The summed E-state index contributed by atoms with van der Waals surface area (Å²) < 4.78 is 0. The Kier molecular flexibility index (Phi) is 5.83. The van der Waals surface area contributed by atoms with Crippen LogP contribution in [0.1, 0.15) is 32.8 Å². The van der Waals surface area contributed by atoms with Crippen molar-refractivity contribution < 1.29 is 4.79 Å². The Morgan fingerprint density at radius 1 is 1.32 bits per heavy atom. The number of carbonyl (C=O) groups is 1. The molecule has 1 atom stereocenters. The van der Waals surface area contributed by atoms with Crippen LogP contribution >= 0.6 is 0 Å². The minimum atomic E-state index is 0.188. The molecule has 1 fully saturated rings. The van der Waals surface area contributed by atoms with Gasteiger partial charge in [0.2, 0.25) is 0 Å². The number of likely N-dealkylation sites (N-methyl/N-ethyl adjacent to an activating group) is 1. The average molecular weight is 303 g/mol. The van der Waals surface area contributed by atoms with Crippen LogP contribution in [0.4, 0.5) is 4.79 Å². The molecule has 2 rings (SSSR count). The molecule has 1 aliphatic rings. The third-order valence-electron chi connectivity index (χ3n) is 4.54. The molecule has 2 amide bonds. The number of likely N-dealkylation sites (tertiary alicyclic amines) is 1. The minimum absolute atomic E-state index is 0.188. The van der Waals surface area contributed by atoms with Crippen molar-refractivity contribution in [2.24, 2.45) is 0 Å². The van der Waals surface area contributed by atoms with Gasteiger partial charge >= 0.3 is 6.03 Å². The molecule has 1 aromatic rings. The Balaban J connectivity index is 1.90. The van der Waals surface area contributed by atoms with E-state index in [4.69, 9.17) is 0 Å². The number of rotatable bonds is 5. The first kappa shape index (κ1) is 16.8. The highest BCUT2D eigenvalue weighted by Crippen LogP contribution is 2.18. The van der Waals surface area contributed by atoms with Gasteiger partial charge in [0.15, 0.2) is 0 Å². The summed E-state index contributed by atoms with van der Waals surface area (Å²) in [6.45, 7) is 9.63. The minimum Gasteiger partial charge on any atom is -0.323 e. The van der Waals surface area contributed by atoms with Crippen LogP contribution in [0.2, 0.25) is 0 Å². The maximum atomic E-state index is 12.6. The third-order valence-corrected chi connectivity index (χ3v) is 4.54. The normalized spacial score (nSPS) is 18.3. The summed E-state index contributed by atoms with van der Waals surface area (Å²) in [5, 5.41) is 0. The van der Waals surface area contributed by atoms with Gasteiger partial charge in [0.25, 0.3) is 0 Å². The molecule has 0 bridgehead atoms. The van der Waals surface area contributed by atoms with E-state index < -0.39 is 0 Å². The molecule has 0 aliphatic carbocycles. The molecule has 1 aromatic carbocycles. The Bertz CT molecular complexity index is 474. The summed E-state index contributed by atoms with van der Waals surface area (Å²) in [6, 6.07) is 11.4. The van der Waals surface area contributed by atoms with Gasteiger partial charge < -0.3 is 9.80 Å². The molecule has 0 aromatic heterocycles. The molecule has 4 heteroatoms. The Morgan fingerprint density at radius 2 is 2.00 bits per heavy atom. The second-order valence-electron chi connectivity index (χ2n) is 6.45. The van der Waals surface area contributed by atoms with Crippen molar-refractivity contribution in [3.63, 3.8) is 0 Å². The second-order valence-corrected chi connectivity index (χ2v) is 6.45. The molecule has 4 nitrogen and oxygen atoms in total. The molecule has 1 heterocycles. The fourth-order valence-corrected chi connectivity index (χ4v) is 3.18. The summed E-state index contributed by atoms with van der Waals surface area (Å²) in [5.74, 6) is 0. The standard InChI is InChI=1S/C18H29N3O/c1-5-21(15(2)3)18(22)20-12-11-17(14-20)19(4)13-16-9-7-6-8-10-16/h6-10,15,17H,5,11-14H2,1-4H3. The molecule has 0 saturated carbocycles. The largest absolute Gasteiger partial charge is 0.323 e. The van der Waals surface area contributed by atoms with E-state index in [0.29, 0.717) is 6.04 Å². The molecule has 1 aliphatic heterocycles. The SMILES string of the molecule is CCN(C(=O)N1CCC(N(C)Cc2ccccc2)C1)C(C)C. The second kappa shape index (κ2) is 7.63. The van der Waals surface area contributed by atoms with E-state index in [1.807, 2.05) is 22.8 Å². The lowest BCUT2D eigenvalue weighted by atomic mass is 10.1. The topological polar surface area (TPSA) is 26.8 Å². The molecule has 22 heavy (non-hydrogen) atoms. The maximum absolute atomic E-state index is 12.6. The van der Waals surface area contributed by atoms with Gasteiger partial charge in [0.1, 0.15) is 0 Å². The molecular weight excluding hydrogens is 274 g/mol. The van der Waals surface area contributed by atoms with E-state index in [1.54, 1.807) is 0 Å². The fraction of sp³-hybridized carbons (Fsp3) is 0.611. The lowest BCUT2D eigenvalue weighted by molar-refractivity contribution is 0.147. The lowest BCUT2D eigenvalue weighted by Crippen LogP contribution is -2.46. The van der Waals surface area contributed by atoms with Gasteiger partial charge in [-0.25, -0.2) is 4.79 Å². The van der Waals surface area contributed by atoms with E-state index in [9.17, 15) is 4.79 Å². The predicted molar refractivity (Wildman–Crippen MR) is 90.8 cm³/mol. The highest BCUT2D eigenvalue weighted by Gasteiger charge is 2.31. The molecule has 1 saturated heterocycles. The Morgan fingerprint density at radius 3 is 2.59 bits per heavy atom. The maximum Gasteiger partial charge on any atom is 0.320 e. The van der Waals surface area contributed by atoms with Crippen LogP contribution in [0.15, 0.2) is 30.3 Å². The molecule has 122 valence electrons. The Labute approximate surface area is 134 Å². The molecular formula is C18H29N3O. The van der Waals surface area contributed by atoms with Crippen molar-refractivity contribution in [1.82, 2.24) is 14.7 Å². The van der Waals surface area contributed by atoms with Crippen LogP contribution in [-0.2, 0) is 6.54 Å². The first-order valence-corrected chi connectivity index (χ1v) is 8.32. The zero-order valence-electron chi connectivity index (χ0n) is 14.3. The lowest BCUT2D eigenvalue weighted by Gasteiger charge is -2.31. The van der Waals surface area contributed by atoms with E-state index in [2.05, 4.69) is 50.1 Å². The van der Waals surface area contributed by atoms with Gasteiger partial charge in [-0.2, -0.15) is 0 Å². The van der Waals surface area contributed by atoms with Crippen LogP contribution in [0.5, 0.6) is 0 Å². The Hall–Kier alpha value is -1.55. The van der Waals surface area contributed by atoms with Crippen molar-refractivity contribution in [2.45, 2.75) is 45.8 Å². The first-order valence-electron chi connectivity index (χ1n) is 8.32. The molecule has 0 spiro atoms. The van der Waals surface area contributed by atoms with Gasteiger partial charge in [0.05, 0.1) is 0 Å². The highest BCUT2D eigenvalue weighted by atomic mass is 16.2. The van der Waals surface area contributed by atoms with E-state index in [1.165, 1.54) is 5.56 Å². The predicted octanol–water partition coefficient (Wildman–Crippen LogP) is 3.04. The van der Waals surface area contributed by atoms with Crippen molar-refractivity contribution in [3.8, 4) is 0 Å². The van der Waals surface area contributed by atoms with Gasteiger partial charge in [-0.05, 0) is 39.8 Å². The molecule has 0 N–H and O–H groups in total. The number of urea groups is 1. The number of amides is 2. The first-order chi connectivity index (χ1) is 10.5. The van der Waals surface area contributed by atoms with Crippen LogP contribution in [-0.4, -0.2) is 59.5 Å². The number of nitrogens with zero attached hydrogens (tertiary/aromatic N) is 3. The highest BCUT2D eigenvalue weighted by molar-refractivity contribution is 5.75.